The number of carbonyl (C=O) groups excluding carboxylic acids is 1. The van der Waals surface area contributed by atoms with Crippen LogP contribution in [0.5, 0.6) is 5.75 Å². The number of nitrogens with two attached hydrogens (primary N) is 1. The Morgan fingerprint density at radius 2 is 2.24 bits per heavy atom. The van der Waals surface area contributed by atoms with Gasteiger partial charge in [-0.05, 0) is 49.9 Å². The molecule has 4 nitrogen and oxygen atoms in total. The van der Waals surface area contributed by atoms with Gasteiger partial charge in [0.05, 0.1) is 13.0 Å². The lowest BCUT2D eigenvalue weighted by Crippen LogP contribution is -2.41. The van der Waals surface area contributed by atoms with Crippen molar-refractivity contribution in [1.82, 2.24) is 4.90 Å². The van der Waals surface area contributed by atoms with E-state index in [0.717, 1.165) is 24.2 Å². The highest BCUT2D eigenvalue weighted by Gasteiger charge is 2.31. The molecule has 2 atom stereocenters. The van der Waals surface area contributed by atoms with Crippen molar-refractivity contribution in [3.8, 4) is 5.75 Å². The van der Waals surface area contributed by atoms with E-state index < -0.39 is 0 Å². The lowest BCUT2D eigenvalue weighted by atomic mass is 10.0. The Hall–Kier alpha value is -1.55. The van der Waals surface area contributed by atoms with Crippen molar-refractivity contribution in [2.75, 3.05) is 20.2 Å². The standard InChI is InChI=1S/C17H26N2O2/c1-13-5-3-7-15(11-13)21-10-9-17(20)19(2)16-8-4-6-14(16)12-18/h3,5,7,11,14,16H,4,6,8-10,12,18H2,1-2H3. The van der Waals surface area contributed by atoms with Crippen LogP contribution in [-0.4, -0.2) is 37.0 Å². The minimum atomic E-state index is 0.146. The predicted octanol–water partition coefficient (Wildman–Crippen LogP) is 2.35. The van der Waals surface area contributed by atoms with Gasteiger partial charge in [0.2, 0.25) is 5.91 Å². The zero-order chi connectivity index (χ0) is 15.2. The van der Waals surface area contributed by atoms with Crippen molar-refractivity contribution in [2.24, 2.45) is 11.7 Å². The molecule has 0 spiro atoms. The maximum absolute atomic E-state index is 12.3. The smallest absolute Gasteiger partial charge is 0.225 e. The summed E-state index contributed by atoms with van der Waals surface area (Å²) in [6, 6.07) is 8.20. The third-order valence-corrected chi connectivity index (χ3v) is 4.39. The highest BCUT2D eigenvalue weighted by molar-refractivity contribution is 5.76. The van der Waals surface area contributed by atoms with Crippen LogP contribution in [0, 0.1) is 12.8 Å². The molecule has 0 aromatic heterocycles. The fraction of sp³-hybridized carbons (Fsp3) is 0.588. The van der Waals surface area contributed by atoms with E-state index >= 15 is 0 Å². The lowest BCUT2D eigenvalue weighted by Gasteiger charge is -2.29. The summed E-state index contributed by atoms with van der Waals surface area (Å²) in [5.41, 5.74) is 6.95. The van der Waals surface area contributed by atoms with Gasteiger partial charge in [0.25, 0.3) is 0 Å². The summed E-state index contributed by atoms with van der Waals surface area (Å²) in [5, 5.41) is 0. The van der Waals surface area contributed by atoms with E-state index in [4.69, 9.17) is 10.5 Å². The highest BCUT2D eigenvalue weighted by atomic mass is 16.5. The van der Waals surface area contributed by atoms with Crippen molar-refractivity contribution in [3.63, 3.8) is 0 Å². The van der Waals surface area contributed by atoms with Crippen molar-refractivity contribution in [3.05, 3.63) is 29.8 Å². The van der Waals surface area contributed by atoms with E-state index in [-0.39, 0.29) is 5.91 Å². The van der Waals surface area contributed by atoms with E-state index in [0.29, 0.717) is 31.5 Å². The van der Waals surface area contributed by atoms with E-state index in [9.17, 15) is 4.79 Å². The lowest BCUT2D eigenvalue weighted by molar-refractivity contribution is -0.133. The number of amides is 1. The molecule has 116 valence electrons. The zero-order valence-corrected chi connectivity index (χ0v) is 13.0. The molecule has 2 rings (SSSR count). The van der Waals surface area contributed by atoms with Gasteiger partial charge in [-0.3, -0.25) is 4.79 Å². The molecule has 0 radical (unpaired) electrons. The van der Waals surface area contributed by atoms with Crippen molar-refractivity contribution >= 4 is 5.91 Å². The van der Waals surface area contributed by atoms with Gasteiger partial charge in [0, 0.05) is 13.1 Å². The second kappa shape index (κ2) is 7.46. The number of aryl methyl sites for hydroxylation is 1. The summed E-state index contributed by atoms with van der Waals surface area (Å²) in [5.74, 6) is 1.43. The Labute approximate surface area is 127 Å². The molecule has 1 aromatic carbocycles. The van der Waals surface area contributed by atoms with Crippen LogP contribution < -0.4 is 10.5 Å². The van der Waals surface area contributed by atoms with Crippen LogP contribution in [0.4, 0.5) is 0 Å². The normalized spacial score (nSPS) is 21.3. The number of hydrogen-bond donors (Lipinski definition) is 1. The molecular weight excluding hydrogens is 264 g/mol. The molecule has 0 saturated heterocycles. The second-order valence-electron chi connectivity index (χ2n) is 5.91. The molecule has 1 amide bonds. The summed E-state index contributed by atoms with van der Waals surface area (Å²) >= 11 is 0. The average Bonchev–Trinajstić information content (AvgIpc) is 2.94. The molecule has 1 fully saturated rings. The van der Waals surface area contributed by atoms with Gasteiger partial charge in [-0.2, -0.15) is 0 Å². The molecule has 1 aromatic rings. The highest BCUT2D eigenvalue weighted by Crippen LogP contribution is 2.28. The first-order valence-electron chi connectivity index (χ1n) is 7.77. The average molecular weight is 290 g/mol. The van der Waals surface area contributed by atoms with Crippen LogP contribution >= 0.6 is 0 Å². The van der Waals surface area contributed by atoms with Crippen LogP contribution in [0.1, 0.15) is 31.2 Å². The van der Waals surface area contributed by atoms with Gasteiger partial charge in [-0.1, -0.05) is 18.6 Å². The number of benzene rings is 1. The Balaban J connectivity index is 1.79. The first-order chi connectivity index (χ1) is 10.1. The molecule has 1 aliphatic carbocycles. The third-order valence-electron chi connectivity index (χ3n) is 4.39. The summed E-state index contributed by atoms with van der Waals surface area (Å²) in [4.78, 5) is 14.1. The molecule has 1 aliphatic rings. The maximum atomic E-state index is 12.3. The quantitative estimate of drug-likeness (QED) is 0.875. The number of rotatable bonds is 6. The molecule has 4 heteroatoms. The van der Waals surface area contributed by atoms with Crippen LogP contribution in [-0.2, 0) is 4.79 Å². The molecule has 1 saturated carbocycles. The van der Waals surface area contributed by atoms with Crippen molar-refractivity contribution in [1.29, 1.82) is 0 Å². The summed E-state index contributed by atoms with van der Waals surface area (Å²) in [6.45, 7) is 3.12. The van der Waals surface area contributed by atoms with Gasteiger partial charge in [-0.25, -0.2) is 0 Å². The van der Waals surface area contributed by atoms with Gasteiger partial charge in [-0.15, -0.1) is 0 Å². The molecule has 0 bridgehead atoms. The molecule has 21 heavy (non-hydrogen) atoms. The van der Waals surface area contributed by atoms with Gasteiger partial charge in [0.15, 0.2) is 0 Å². The first-order valence-corrected chi connectivity index (χ1v) is 7.77. The summed E-state index contributed by atoms with van der Waals surface area (Å²) in [6.07, 6.45) is 3.80. The molecule has 2 unspecified atom stereocenters. The predicted molar refractivity (Wildman–Crippen MR) is 84.2 cm³/mol. The molecular formula is C17H26N2O2. The van der Waals surface area contributed by atoms with Crippen LogP contribution in [0.25, 0.3) is 0 Å². The Bertz CT molecular complexity index is 476. The number of ether oxygens (including phenoxy) is 1. The fourth-order valence-corrected chi connectivity index (χ4v) is 3.12. The minimum Gasteiger partial charge on any atom is -0.493 e. The number of nitrogens with zero attached hydrogens (tertiary/aromatic N) is 1. The maximum Gasteiger partial charge on any atom is 0.225 e. The fourth-order valence-electron chi connectivity index (χ4n) is 3.12. The first kappa shape index (κ1) is 15.8. The van der Waals surface area contributed by atoms with Gasteiger partial charge >= 0.3 is 0 Å². The van der Waals surface area contributed by atoms with Crippen molar-refractivity contribution in [2.45, 2.75) is 38.6 Å². The van der Waals surface area contributed by atoms with Gasteiger partial charge in [0.1, 0.15) is 5.75 Å². The SMILES string of the molecule is Cc1cccc(OCCC(=O)N(C)C2CCCC2CN)c1. The van der Waals surface area contributed by atoms with Crippen molar-refractivity contribution < 1.29 is 9.53 Å². The Kier molecular flexibility index (Phi) is 5.62. The summed E-state index contributed by atoms with van der Waals surface area (Å²) < 4.78 is 5.65. The van der Waals surface area contributed by atoms with E-state index in [1.54, 1.807) is 0 Å². The largest absolute Gasteiger partial charge is 0.493 e. The number of carbonyl (C=O) groups is 1. The second-order valence-corrected chi connectivity index (χ2v) is 5.91. The molecule has 2 N–H and O–H groups in total. The third kappa shape index (κ3) is 4.21. The minimum absolute atomic E-state index is 0.146. The summed E-state index contributed by atoms with van der Waals surface area (Å²) in [7, 11) is 1.90. The van der Waals surface area contributed by atoms with Crippen LogP contribution in [0.2, 0.25) is 0 Å². The van der Waals surface area contributed by atoms with E-state index in [1.165, 1.54) is 6.42 Å². The van der Waals surface area contributed by atoms with Crippen LogP contribution in [0.3, 0.4) is 0 Å². The molecule has 0 heterocycles. The topological polar surface area (TPSA) is 55.6 Å². The molecule has 0 aliphatic heterocycles. The van der Waals surface area contributed by atoms with E-state index in [1.807, 2.05) is 43.1 Å². The Morgan fingerprint density at radius 3 is 2.95 bits per heavy atom. The van der Waals surface area contributed by atoms with Gasteiger partial charge < -0.3 is 15.4 Å². The van der Waals surface area contributed by atoms with Crippen LogP contribution in [0.15, 0.2) is 24.3 Å². The number of hydrogen-bond acceptors (Lipinski definition) is 3. The van der Waals surface area contributed by atoms with E-state index in [2.05, 4.69) is 0 Å². The zero-order valence-electron chi connectivity index (χ0n) is 13.0. The monoisotopic (exact) mass is 290 g/mol. The Morgan fingerprint density at radius 1 is 1.43 bits per heavy atom.